The van der Waals surface area contributed by atoms with E-state index in [1.807, 2.05) is 0 Å². The van der Waals surface area contributed by atoms with E-state index < -0.39 is 18.7 Å². The summed E-state index contributed by atoms with van der Waals surface area (Å²) < 4.78 is 36.2. The molecule has 0 saturated carbocycles. The molecule has 0 unspecified atom stereocenters. The number of alkyl halides is 3. The summed E-state index contributed by atoms with van der Waals surface area (Å²) >= 11 is 0. The Hall–Kier alpha value is -1.79. The highest BCUT2D eigenvalue weighted by atomic mass is 19.4. The van der Waals surface area contributed by atoms with E-state index in [4.69, 9.17) is 5.11 Å². The molecule has 1 N–H and O–H groups in total. The minimum atomic E-state index is -4.33. The first-order valence-electron chi connectivity index (χ1n) is 4.27. The summed E-state index contributed by atoms with van der Waals surface area (Å²) in [6, 6.07) is 2.41. The number of anilines is 1. The van der Waals surface area contributed by atoms with Crippen LogP contribution in [0.25, 0.3) is 0 Å². The van der Waals surface area contributed by atoms with Crippen LogP contribution in [0.15, 0.2) is 18.3 Å². The second-order valence-electron chi connectivity index (χ2n) is 3.18. The van der Waals surface area contributed by atoms with E-state index in [0.717, 1.165) is 17.2 Å². The summed E-state index contributed by atoms with van der Waals surface area (Å²) in [4.78, 5) is 15.0. The topological polar surface area (TPSA) is 53.4 Å². The molecular formula is C9H9F3N2O2. The van der Waals surface area contributed by atoms with Gasteiger partial charge >= 0.3 is 12.1 Å². The number of rotatable bonds is 3. The molecule has 0 fully saturated rings. The molecule has 0 radical (unpaired) electrons. The average Bonchev–Trinajstić information content (AvgIpc) is 2.15. The van der Waals surface area contributed by atoms with Gasteiger partial charge in [-0.1, -0.05) is 0 Å². The van der Waals surface area contributed by atoms with Crippen molar-refractivity contribution in [3.63, 3.8) is 0 Å². The van der Waals surface area contributed by atoms with Crippen LogP contribution in [-0.2, 0) is 0 Å². The van der Waals surface area contributed by atoms with Crippen LogP contribution in [0, 0.1) is 0 Å². The van der Waals surface area contributed by atoms with Crippen molar-refractivity contribution in [1.82, 2.24) is 4.98 Å². The molecule has 0 atom stereocenters. The lowest BCUT2D eigenvalue weighted by Crippen LogP contribution is -2.31. The molecule has 0 aliphatic heterocycles. The van der Waals surface area contributed by atoms with E-state index in [0.29, 0.717) is 0 Å². The second kappa shape index (κ2) is 4.38. The molecule has 0 aliphatic rings. The van der Waals surface area contributed by atoms with Crippen molar-refractivity contribution in [3.8, 4) is 0 Å². The molecule has 0 spiro atoms. The van der Waals surface area contributed by atoms with E-state index in [-0.39, 0.29) is 11.4 Å². The molecule has 0 bridgehead atoms. The van der Waals surface area contributed by atoms with E-state index in [2.05, 4.69) is 4.98 Å². The van der Waals surface area contributed by atoms with Crippen LogP contribution >= 0.6 is 0 Å². The number of hydrogen-bond donors (Lipinski definition) is 1. The van der Waals surface area contributed by atoms with Crippen LogP contribution in [-0.4, -0.2) is 35.8 Å². The molecule has 1 heterocycles. The largest absolute Gasteiger partial charge is 0.477 e. The minimum absolute atomic E-state index is 0.157. The van der Waals surface area contributed by atoms with Gasteiger partial charge in [-0.15, -0.1) is 0 Å². The zero-order valence-electron chi connectivity index (χ0n) is 8.32. The van der Waals surface area contributed by atoms with Crippen molar-refractivity contribution in [2.75, 3.05) is 18.5 Å². The molecule has 7 heteroatoms. The third-order valence-corrected chi connectivity index (χ3v) is 1.82. The summed E-state index contributed by atoms with van der Waals surface area (Å²) in [5.41, 5.74) is -0.128. The van der Waals surface area contributed by atoms with Gasteiger partial charge in [0.1, 0.15) is 12.2 Å². The van der Waals surface area contributed by atoms with Crippen LogP contribution in [0.5, 0.6) is 0 Å². The fourth-order valence-corrected chi connectivity index (χ4v) is 1.13. The van der Waals surface area contributed by atoms with Gasteiger partial charge in [0.25, 0.3) is 0 Å². The summed E-state index contributed by atoms with van der Waals surface area (Å²) in [5, 5.41) is 8.62. The van der Waals surface area contributed by atoms with E-state index in [9.17, 15) is 18.0 Å². The average molecular weight is 234 g/mol. The summed E-state index contributed by atoms with van der Waals surface area (Å²) in [6.45, 7) is -1.14. The fourth-order valence-electron chi connectivity index (χ4n) is 1.13. The van der Waals surface area contributed by atoms with Gasteiger partial charge in [-0.05, 0) is 12.1 Å². The van der Waals surface area contributed by atoms with Crippen molar-refractivity contribution in [2.24, 2.45) is 0 Å². The summed E-state index contributed by atoms with van der Waals surface area (Å²) in [5.74, 6) is -1.28. The van der Waals surface area contributed by atoms with Crippen LogP contribution < -0.4 is 4.90 Å². The molecule has 0 aliphatic carbocycles. The lowest BCUT2D eigenvalue weighted by molar-refractivity contribution is -0.119. The second-order valence-corrected chi connectivity index (χ2v) is 3.18. The van der Waals surface area contributed by atoms with Crippen molar-refractivity contribution in [1.29, 1.82) is 0 Å². The Bertz CT molecular complexity index is 393. The van der Waals surface area contributed by atoms with Crippen LogP contribution in [0.1, 0.15) is 10.5 Å². The van der Waals surface area contributed by atoms with E-state index in [1.165, 1.54) is 13.1 Å². The number of aromatic carboxylic acids is 1. The SMILES string of the molecule is CN(CC(F)(F)F)c1ccnc(C(=O)O)c1. The maximum atomic E-state index is 12.1. The first kappa shape index (κ1) is 12.3. The number of hydrogen-bond acceptors (Lipinski definition) is 3. The molecule has 88 valence electrons. The van der Waals surface area contributed by atoms with Crippen molar-refractivity contribution in [2.45, 2.75) is 6.18 Å². The van der Waals surface area contributed by atoms with Gasteiger partial charge in [0, 0.05) is 18.9 Å². The van der Waals surface area contributed by atoms with Gasteiger partial charge in [0.2, 0.25) is 0 Å². The Morgan fingerprint density at radius 1 is 1.56 bits per heavy atom. The highest BCUT2D eigenvalue weighted by Gasteiger charge is 2.29. The quantitative estimate of drug-likeness (QED) is 0.866. The van der Waals surface area contributed by atoms with Crippen molar-refractivity contribution >= 4 is 11.7 Å². The molecule has 16 heavy (non-hydrogen) atoms. The Labute approximate surface area is 89.3 Å². The fraction of sp³-hybridized carbons (Fsp3) is 0.333. The molecule has 0 aromatic carbocycles. The molecule has 1 rings (SSSR count). The lowest BCUT2D eigenvalue weighted by atomic mass is 10.3. The number of nitrogens with zero attached hydrogens (tertiary/aromatic N) is 2. The van der Waals surface area contributed by atoms with Gasteiger partial charge in [-0.2, -0.15) is 13.2 Å². The third kappa shape index (κ3) is 3.41. The number of pyridine rings is 1. The highest BCUT2D eigenvalue weighted by molar-refractivity contribution is 5.86. The summed E-state index contributed by atoms with van der Waals surface area (Å²) in [6.07, 6.45) is -3.17. The third-order valence-electron chi connectivity index (χ3n) is 1.82. The number of halogens is 3. The van der Waals surface area contributed by atoms with Gasteiger partial charge in [0.05, 0.1) is 0 Å². The smallest absolute Gasteiger partial charge is 0.405 e. The van der Waals surface area contributed by atoms with Gasteiger partial charge < -0.3 is 10.0 Å². The Morgan fingerprint density at radius 3 is 2.69 bits per heavy atom. The Morgan fingerprint density at radius 2 is 2.19 bits per heavy atom. The van der Waals surface area contributed by atoms with Gasteiger partial charge in [0.15, 0.2) is 0 Å². The zero-order valence-corrected chi connectivity index (χ0v) is 8.32. The van der Waals surface area contributed by atoms with Gasteiger partial charge in [-0.3, -0.25) is 0 Å². The molecule has 1 aromatic heterocycles. The van der Waals surface area contributed by atoms with Gasteiger partial charge in [-0.25, -0.2) is 9.78 Å². The van der Waals surface area contributed by atoms with Crippen LogP contribution in [0.3, 0.4) is 0 Å². The first-order valence-corrected chi connectivity index (χ1v) is 4.27. The monoisotopic (exact) mass is 234 g/mol. The normalized spacial score (nSPS) is 11.2. The maximum absolute atomic E-state index is 12.1. The predicted molar refractivity (Wildman–Crippen MR) is 50.5 cm³/mol. The summed E-state index contributed by atoms with van der Waals surface area (Å²) in [7, 11) is 1.23. The Kier molecular flexibility index (Phi) is 3.36. The standard InChI is InChI=1S/C9H9F3N2O2/c1-14(5-9(10,11)12)6-2-3-13-7(4-6)8(15)16/h2-4H,5H2,1H3,(H,15,16). The molecule has 1 aromatic rings. The van der Waals surface area contributed by atoms with E-state index >= 15 is 0 Å². The number of carboxylic acid groups (broad SMARTS) is 1. The zero-order chi connectivity index (χ0) is 12.3. The number of carbonyl (C=O) groups is 1. The minimum Gasteiger partial charge on any atom is -0.477 e. The Balaban J connectivity index is 2.87. The number of aromatic nitrogens is 1. The van der Waals surface area contributed by atoms with Crippen molar-refractivity contribution in [3.05, 3.63) is 24.0 Å². The molecule has 0 amide bonds. The maximum Gasteiger partial charge on any atom is 0.405 e. The van der Waals surface area contributed by atoms with Crippen LogP contribution in [0.4, 0.5) is 18.9 Å². The molecular weight excluding hydrogens is 225 g/mol. The first-order chi connectivity index (χ1) is 7.29. The molecule has 0 saturated heterocycles. The molecule has 4 nitrogen and oxygen atoms in total. The van der Waals surface area contributed by atoms with E-state index in [1.54, 1.807) is 0 Å². The number of carboxylic acids is 1. The predicted octanol–water partition coefficient (Wildman–Crippen LogP) is 1.78. The van der Waals surface area contributed by atoms with Crippen molar-refractivity contribution < 1.29 is 23.1 Å². The van der Waals surface area contributed by atoms with Crippen LogP contribution in [0.2, 0.25) is 0 Å². The lowest BCUT2D eigenvalue weighted by Gasteiger charge is -2.20. The highest BCUT2D eigenvalue weighted by Crippen LogP contribution is 2.20.